The van der Waals surface area contributed by atoms with Crippen molar-refractivity contribution in [3.63, 3.8) is 0 Å². The zero-order valence-corrected chi connectivity index (χ0v) is 7.93. The standard InChI is InChI=1S/C7H15NO.C2H6/c1-8-6-4-2-3-5-7(6)9;1-2/h6-9H,2-5H2,1H3;1-2H3/t6-,7-;/m1./s1. The number of likely N-dealkylation sites (N-methyl/N-ethyl adjacent to an activating group) is 1. The van der Waals surface area contributed by atoms with Crippen molar-refractivity contribution in [2.24, 2.45) is 0 Å². The second-order valence-electron chi connectivity index (χ2n) is 2.75. The largest absolute Gasteiger partial charge is 0.392 e. The molecule has 11 heavy (non-hydrogen) atoms. The maximum atomic E-state index is 9.31. The Labute approximate surface area is 70.0 Å². The van der Waals surface area contributed by atoms with Gasteiger partial charge >= 0.3 is 0 Å². The SMILES string of the molecule is CC.CN[C@@H]1CCCC[C@H]1O. The van der Waals surface area contributed by atoms with Crippen LogP contribution in [-0.4, -0.2) is 24.3 Å². The summed E-state index contributed by atoms with van der Waals surface area (Å²) in [6, 6.07) is 0.360. The first-order chi connectivity index (χ1) is 5.34. The first-order valence-corrected chi connectivity index (χ1v) is 4.70. The maximum Gasteiger partial charge on any atom is 0.0693 e. The Morgan fingerprint density at radius 1 is 1.18 bits per heavy atom. The van der Waals surface area contributed by atoms with Crippen LogP contribution < -0.4 is 5.32 Å². The summed E-state index contributed by atoms with van der Waals surface area (Å²) in [5.41, 5.74) is 0. The molecule has 1 aliphatic carbocycles. The molecule has 68 valence electrons. The molecule has 0 unspecified atom stereocenters. The Bertz CT molecular complexity index is 85.6. The van der Waals surface area contributed by atoms with E-state index in [2.05, 4.69) is 5.32 Å². The van der Waals surface area contributed by atoms with Crippen molar-refractivity contribution in [2.75, 3.05) is 7.05 Å². The Hall–Kier alpha value is -0.0800. The van der Waals surface area contributed by atoms with E-state index in [0.29, 0.717) is 6.04 Å². The van der Waals surface area contributed by atoms with Crippen LogP contribution in [0.15, 0.2) is 0 Å². The van der Waals surface area contributed by atoms with Gasteiger partial charge in [-0.3, -0.25) is 0 Å². The molecule has 0 radical (unpaired) electrons. The first kappa shape index (κ1) is 10.9. The van der Waals surface area contributed by atoms with Crippen molar-refractivity contribution in [3.05, 3.63) is 0 Å². The summed E-state index contributed by atoms with van der Waals surface area (Å²) in [6.07, 6.45) is 4.48. The predicted molar refractivity (Wildman–Crippen MR) is 48.7 cm³/mol. The van der Waals surface area contributed by atoms with E-state index in [1.54, 1.807) is 0 Å². The molecule has 1 saturated carbocycles. The minimum atomic E-state index is -0.0938. The molecule has 0 amide bonds. The van der Waals surface area contributed by atoms with Crippen molar-refractivity contribution in [3.8, 4) is 0 Å². The molecule has 0 aromatic rings. The Morgan fingerprint density at radius 3 is 2.09 bits per heavy atom. The Morgan fingerprint density at radius 2 is 1.73 bits per heavy atom. The Balaban J connectivity index is 0.000000461. The predicted octanol–water partition coefficient (Wildman–Crippen LogP) is 1.54. The third-order valence-corrected chi connectivity index (χ3v) is 2.10. The summed E-state index contributed by atoms with van der Waals surface area (Å²) in [5.74, 6) is 0. The second kappa shape index (κ2) is 6.62. The quantitative estimate of drug-likeness (QED) is 0.608. The molecule has 0 saturated heterocycles. The highest BCUT2D eigenvalue weighted by Gasteiger charge is 2.20. The van der Waals surface area contributed by atoms with Crippen molar-refractivity contribution in [1.82, 2.24) is 5.32 Å². The van der Waals surface area contributed by atoms with E-state index in [0.717, 1.165) is 12.8 Å². The third kappa shape index (κ3) is 3.73. The van der Waals surface area contributed by atoms with Gasteiger partial charge in [0.15, 0.2) is 0 Å². The third-order valence-electron chi connectivity index (χ3n) is 2.10. The van der Waals surface area contributed by atoms with Gasteiger partial charge < -0.3 is 10.4 Å². The number of aliphatic hydroxyl groups is 1. The molecule has 0 aromatic carbocycles. The molecule has 1 rings (SSSR count). The van der Waals surface area contributed by atoms with Gasteiger partial charge in [-0.05, 0) is 19.9 Å². The van der Waals surface area contributed by atoms with Crippen LogP contribution in [0.25, 0.3) is 0 Å². The van der Waals surface area contributed by atoms with Gasteiger partial charge in [-0.15, -0.1) is 0 Å². The number of aliphatic hydroxyl groups excluding tert-OH is 1. The second-order valence-corrected chi connectivity index (χ2v) is 2.75. The summed E-state index contributed by atoms with van der Waals surface area (Å²) < 4.78 is 0. The van der Waals surface area contributed by atoms with Crippen LogP contribution in [0.1, 0.15) is 39.5 Å². The van der Waals surface area contributed by atoms with Crippen LogP contribution >= 0.6 is 0 Å². The molecule has 1 aliphatic rings. The van der Waals surface area contributed by atoms with Gasteiger partial charge in [0.05, 0.1) is 6.10 Å². The van der Waals surface area contributed by atoms with Crippen LogP contribution in [-0.2, 0) is 0 Å². The number of nitrogens with one attached hydrogen (secondary N) is 1. The molecule has 0 spiro atoms. The molecule has 1 fully saturated rings. The molecule has 2 heteroatoms. The molecule has 0 aromatic heterocycles. The summed E-state index contributed by atoms with van der Waals surface area (Å²) in [7, 11) is 1.92. The van der Waals surface area contributed by atoms with Crippen molar-refractivity contribution >= 4 is 0 Å². The lowest BCUT2D eigenvalue weighted by Crippen LogP contribution is -2.39. The molecule has 2 atom stereocenters. The fraction of sp³-hybridized carbons (Fsp3) is 1.00. The van der Waals surface area contributed by atoms with Gasteiger partial charge in [-0.2, -0.15) is 0 Å². The van der Waals surface area contributed by atoms with Gasteiger partial charge in [0, 0.05) is 6.04 Å². The molecular formula is C9H21NO. The lowest BCUT2D eigenvalue weighted by molar-refractivity contribution is 0.0948. The molecule has 0 heterocycles. The van der Waals surface area contributed by atoms with E-state index in [9.17, 15) is 5.11 Å². The van der Waals surface area contributed by atoms with Crippen LogP contribution in [0.4, 0.5) is 0 Å². The number of rotatable bonds is 1. The molecule has 2 nitrogen and oxygen atoms in total. The van der Waals surface area contributed by atoms with Gasteiger partial charge in [0.25, 0.3) is 0 Å². The summed E-state index contributed by atoms with van der Waals surface area (Å²) in [4.78, 5) is 0. The van der Waals surface area contributed by atoms with E-state index in [1.807, 2.05) is 20.9 Å². The van der Waals surface area contributed by atoms with Crippen molar-refractivity contribution < 1.29 is 5.11 Å². The average Bonchev–Trinajstić information content (AvgIpc) is 2.09. The van der Waals surface area contributed by atoms with Crippen LogP contribution in [0.3, 0.4) is 0 Å². The molecule has 0 bridgehead atoms. The van der Waals surface area contributed by atoms with E-state index in [1.165, 1.54) is 12.8 Å². The monoisotopic (exact) mass is 159 g/mol. The lowest BCUT2D eigenvalue weighted by Gasteiger charge is -2.26. The fourth-order valence-corrected chi connectivity index (χ4v) is 1.45. The normalized spacial score (nSPS) is 30.5. The number of hydrogen-bond acceptors (Lipinski definition) is 2. The van der Waals surface area contributed by atoms with Gasteiger partial charge in [0.1, 0.15) is 0 Å². The number of hydrogen-bond donors (Lipinski definition) is 2. The minimum absolute atomic E-state index is 0.0938. The van der Waals surface area contributed by atoms with Crippen LogP contribution in [0.5, 0.6) is 0 Å². The first-order valence-electron chi connectivity index (χ1n) is 4.70. The maximum absolute atomic E-state index is 9.31. The van der Waals surface area contributed by atoms with E-state index in [4.69, 9.17) is 0 Å². The van der Waals surface area contributed by atoms with Crippen molar-refractivity contribution in [2.45, 2.75) is 51.7 Å². The highest BCUT2D eigenvalue weighted by Crippen LogP contribution is 2.17. The molecular weight excluding hydrogens is 138 g/mol. The smallest absolute Gasteiger partial charge is 0.0693 e. The van der Waals surface area contributed by atoms with Crippen LogP contribution in [0, 0.1) is 0 Å². The van der Waals surface area contributed by atoms with E-state index in [-0.39, 0.29) is 6.10 Å². The summed E-state index contributed by atoms with van der Waals surface area (Å²) in [6.45, 7) is 4.00. The van der Waals surface area contributed by atoms with Crippen molar-refractivity contribution in [1.29, 1.82) is 0 Å². The average molecular weight is 159 g/mol. The van der Waals surface area contributed by atoms with E-state index < -0.39 is 0 Å². The summed E-state index contributed by atoms with van der Waals surface area (Å²) in [5, 5.41) is 12.4. The van der Waals surface area contributed by atoms with Crippen LogP contribution in [0.2, 0.25) is 0 Å². The van der Waals surface area contributed by atoms with E-state index >= 15 is 0 Å². The molecule has 2 N–H and O–H groups in total. The van der Waals surface area contributed by atoms with Gasteiger partial charge in [-0.1, -0.05) is 26.7 Å². The van der Waals surface area contributed by atoms with Gasteiger partial charge in [0.2, 0.25) is 0 Å². The zero-order valence-electron chi connectivity index (χ0n) is 7.93. The Kier molecular flexibility index (Phi) is 6.57. The highest BCUT2D eigenvalue weighted by atomic mass is 16.3. The minimum Gasteiger partial charge on any atom is -0.392 e. The highest BCUT2D eigenvalue weighted by molar-refractivity contribution is 4.78. The molecule has 0 aliphatic heterocycles. The summed E-state index contributed by atoms with van der Waals surface area (Å²) >= 11 is 0. The fourth-order valence-electron chi connectivity index (χ4n) is 1.45. The zero-order chi connectivity index (χ0) is 8.69. The van der Waals surface area contributed by atoms with Gasteiger partial charge in [-0.25, -0.2) is 0 Å². The topological polar surface area (TPSA) is 32.3 Å². The lowest BCUT2D eigenvalue weighted by atomic mass is 9.93.